The molecule has 0 bridgehead atoms. The van der Waals surface area contributed by atoms with Gasteiger partial charge in [0.25, 0.3) is 0 Å². The first-order valence-electron chi connectivity index (χ1n) is 5.07. The minimum atomic E-state index is 0.697. The summed E-state index contributed by atoms with van der Waals surface area (Å²) in [6.45, 7) is 7.78. The SMILES string of the molecule is C=C(/C=C(\C)Cl)n1nc(C)c2ccccc21. The first kappa shape index (κ1) is 11.0. The van der Waals surface area contributed by atoms with Crippen LogP contribution >= 0.6 is 11.6 Å². The molecule has 0 fully saturated rings. The second kappa shape index (κ2) is 4.14. The number of para-hydroxylation sites is 1. The summed E-state index contributed by atoms with van der Waals surface area (Å²) in [5, 5.41) is 6.30. The molecule has 82 valence electrons. The maximum absolute atomic E-state index is 5.84. The van der Waals surface area contributed by atoms with Crippen molar-refractivity contribution in [2.24, 2.45) is 0 Å². The molecule has 0 unspecified atom stereocenters. The molecule has 0 N–H and O–H groups in total. The fraction of sp³-hybridized carbons (Fsp3) is 0.154. The fourth-order valence-electron chi connectivity index (χ4n) is 1.73. The van der Waals surface area contributed by atoms with Gasteiger partial charge in [-0.15, -0.1) is 0 Å². The van der Waals surface area contributed by atoms with E-state index in [-0.39, 0.29) is 0 Å². The summed E-state index contributed by atoms with van der Waals surface area (Å²) in [7, 11) is 0. The van der Waals surface area contributed by atoms with E-state index in [1.54, 1.807) is 6.08 Å². The van der Waals surface area contributed by atoms with E-state index in [2.05, 4.69) is 17.7 Å². The Morgan fingerprint density at radius 2 is 2.12 bits per heavy atom. The second-order valence-electron chi connectivity index (χ2n) is 3.74. The van der Waals surface area contributed by atoms with E-state index in [1.807, 2.05) is 36.7 Å². The van der Waals surface area contributed by atoms with Gasteiger partial charge in [-0.25, -0.2) is 4.68 Å². The van der Waals surface area contributed by atoms with Gasteiger partial charge in [-0.2, -0.15) is 5.10 Å². The summed E-state index contributed by atoms with van der Waals surface area (Å²) in [5.41, 5.74) is 2.83. The summed E-state index contributed by atoms with van der Waals surface area (Å²) in [6.07, 6.45) is 1.81. The highest BCUT2D eigenvalue weighted by molar-refractivity contribution is 6.29. The topological polar surface area (TPSA) is 17.8 Å². The molecule has 0 aliphatic heterocycles. The molecule has 3 heteroatoms. The van der Waals surface area contributed by atoms with Crippen molar-refractivity contribution >= 4 is 28.2 Å². The number of hydrogen-bond donors (Lipinski definition) is 0. The van der Waals surface area contributed by atoms with Crippen LogP contribution in [0.4, 0.5) is 0 Å². The first-order chi connectivity index (χ1) is 7.59. The van der Waals surface area contributed by atoms with E-state index < -0.39 is 0 Å². The predicted octanol–water partition coefficient (Wildman–Crippen LogP) is 3.96. The molecule has 0 radical (unpaired) electrons. The van der Waals surface area contributed by atoms with Crippen molar-refractivity contribution in [1.29, 1.82) is 0 Å². The molecule has 0 saturated heterocycles. The zero-order valence-corrected chi connectivity index (χ0v) is 10.1. The number of rotatable bonds is 2. The van der Waals surface area contributed by atoms with Crippen LogP contribution in [0.2, 0.25) is 0 Å². The number of allylic oxidation sites excluding steroid dienone is 3. The molecule has 1 heterocycles. The van der Waals surface area contributed by atoms with Gasteiger partial charge in [0.05, 0.1) is 16.9 Å². The van der Waals surface area contributed by atoms with Gasteiger partial charge in [0.2, 0.25) is 0 Å². The molecule has 0 aliphatic carbocycles. The highest BCUT2D eigenvalue weighted by atomic mass is 35.5. The van der Waals surface area contributed by atoms with E-state index in [0.29, 0.717) is 5.03 Å². The van der Waals surface area contributed by atoms with Crippen LogP contribution in [0.15, 0.2) is 42.0 Å². The quantitative estimate of drug-likeness (QED) is 0.717. The number of aromatic nitrogens is 2. The third-order valence-corrected chi connectivity index (χ3v) is 2.52. The highest BCUT2D eigenvalue weighted by Gasteiger charge is 2.07. The monoisotopic (exact) mass is 232 g/mol. The van der Waals surface area contributed by atoms with Crippen molar-refractivity contribution in [1.82, 2.24) is 9.78 Å². The summed E-state index contributed by atoms with van der Waals surface area (Å²) >= 11 is 5.84. The number of benzene rings is 1. The van der Waals surface area contributed by atoms with Gasteiger partial charge in [-0.05, 0) is 26.0 Å². The Hall–Kier alpha value is -1.54. The van der Waals surface area contributed by atoms with Gasteiger partial charge < -0.3 is 0 Å². The lowest BCUT2D eigenvalue weighted by Gasteiger charge is -2.02. The first-order valence-corrected chi connectivity index (χ1v) is 5.45. The molecule has 16 heavy (non-hydrogen) atoms. The number of nitrogens with zero attached hydrogens (tertiary/aromatic N) is 2. The van der Waals surface area contributed by atoms with Gasteiger partial charge in [-0.3, -0.25) is 0 Å². The van der Waals surface area contributed by atoms with Crippen LogP contribution in [0.1, 0.15) is 12.6 Å². The lowest BCUT2D eigenvalue weighted by Crippen LogP contribution is -1.95. The molecular weight excluding hydrogens is 220 g/mol. The van der Waals surface area contributed by atoms with Crippen LogP contribution in [0.25, 0.3) is 16.6 Å². The number of halogens is 1. The van der Waals surface area contributed by atoms with Crippen LogP contribution in [0, 0.1) is 6.92 Å². The van der Waals surface area contributed by atoms with Crippen LogP contribution in [-0.2, 0) is 0 Å². The number of fused-ring (bicyclic) bond motifs is 1. The molecule has 1 aromatic heterocycles. The molecule has 0 saturated carbocycles. The van der Waals surface area contributed by atoms with Crippen molar-refractivity contribution in [2.45, 2.75) is 13.8 Å². The maximum Gasteiger partial charge on any atom is 0.0743 e. The zero-order valence-electron chi connectivity index (χ0n) is 9.37. The summed E-state index contributed by atoms with van der Waals surface area (Å²) in [4.78, 5) is 0. The third-order valence-electron chi connectivity index (χ3n) is 2.41. The highest BCUT2D eigenvalue weighted by Crippen LogP contribution is 2.21. The molecule has 2 aromatic rings. The van der Waals surface area contributed by atoms with Gasteiger partial charge in [0.15, 0.2) is 0 Å². The standard InChI is InChI=1S/C13H13ClN2/c1-9(14)8-10(2)16-13-7-5-4-6-12(13)11(3)15-16/h4-8H,2H2,1,3H3/b9-8+. The Bertz CT molecular complexity index is 575. The Balaban J connectivity index is 2.62. The van der Waals surface area contributed by atoms with Gasteiger partial charge >= 0.3 is 0 Å². The van der Waals surface area contributed by atoms with Crippen LogP contribution in [0.5, 0.6) is 0 Å². The Morgan fingerprint density at radius 3 is 2.81 bits per heavy atom. The van der Waals surface area contributed by atoms with Crippen LogP contribution in [0.3, 0.4) is 0 Å². The zero-order chi connectivity index (χ0) is 11.7. The number of hydrogen-bond acceptors (Lipinski definition) is 1. The predicted molar refractivity (Wildman–Crippen MR) is 69.4 cm³/mol. The minimum absolute atomic E-state index is 0.697. The molecule has 0 aliphatic rings. The molecule has 1 aromatic carbocycles. The Labute approximate surface area is 99.8 Å². The second-order valence-corrected chi connectivity index (χ2v) is 4.33. The van der Waals surface area contributed by atoms with Gasteiger partial charge in [0.1, 0.15) is 0 Å². The van der Waals surface area contributed by atoms with E-state index >= 15 is 0 Å². The molecule has 2 rings (SSSR count). The molecular formula is C13H13ClN2. The van der Waals surface area contributed by atoms with Gasteiger partial charge in [-0.1, -0.05) is 36.4 Å². The molecule has 0 atom stereocenters. The smallest absolute Gasteiger partial charge is 0.0743 e. The average Bonchev–Trinajstić information content (AvgIpc) is 2.56. The van der Waals surface area contributed by atoms with Crippen molar-refractivity contribution in [3.8, 4) is 0 Å². The Morgan fingerprint density at radius 1 is 1.44 bits per heavy atom. The largest absolute Gasteiger partial charge is 0.233 e. The van der Waals surface area contributed by atoms with Crippen molar-refractivity contribution in [3.05, 3.63) is 47.6 Å². The lowest BCUT2D eigenvalue weighted by atomic mass is 10.2. The van der Waals surface area contributed by atoms with Crippen LogP contribution in [-0.4, -0.2) is 9.78 Å². The molecule has 0 amide bonds. The normalized spacial score (nSPS) is 12.1. The number of aryl methyl sites for hydroxylation is 1. The van der Waals surface area contributed by atoms with Gasteiger partial charge in [0, 0.05) is 10.4 Å². The van der Waals surface area contributed by atoms with Crippen molar-refractivity contribution < 1.29 is 0 Å². The van der Waals surface area contributed by atoms with E-state index in [4.69, 9.17) is 11.6 Å². The summed E-state index contributed by atoms with van der Waals surface area (Å²) < 4.78 is 1.82. The van der Waals surface area contributed by atoms with E-state index in [1.165, 1.54) is 0 Å². The average molecular weight is 233 g/mol. The molecule has 2 nitrogen and oxygen atoms in total. The minimum Gasteiger partial charge on any atom is -0.233 e. The fourth-order valence-corrected chi connectivity index (χ4v) is 1.86. The third kappa shape index (κ3) is 1.89. The van der Waals surface area contributed by atoms with E-state index in [0.717, 1.165) is 22.3 Å². The van der Waals surface area contributed by atoms with Crippen molar-refractivity contribution in [3.63, 3.8) is 0 Å². The van der Waals surface area contributed by atoms with E-state index in [9.17, 15) is 0 Å². The Kier molecular flexibility index (Phi) is 2.84. The van der Waals surface area contributed by atoms with Crippen LogP contribution < -0.4 is 0 Å². The summed E-state index contributed by atoms with van der Waals surface area (Å²) in [6, 6.07) is 8.08. The van der Waals surface area contributed by atoms with Crippen molar-refractivity contribution in [2.75, 3.05) is 0 Å². The lowest BCUT2D eigenvalue weighted by molar-refractivity contribution is 0.917. The molecule has 0 spiro atoms. The summed E-state index contributed by atoms with van der Waals surface area (Å²) in [5.74, 6) is 0. The maximum atomic E-state index is 5.84.